The van der Waals surface area contributed by atoms with Gasteiger partial charge >= 0.3 is 0 Å². The summed E-state index contributed by atoms with van der Waals surface area (Å²) < 4.78 is 18.0. The minimum Gasteiger partial charge on any atom is -0.497 e. The van der Waals surface area contributed by atoms with Crippen LogP contribution in [0.15, 0.2) is 67.0 Å². The Bertz CT molecular complexity index is 1350. The Balaban J connectivity index is 1.45. The highest BCUT2D eigenvalue weighted by atomic mass is 32.1. The van der Waals surface area contributed by atoms with Gasteiger partial charge in [0.1, 0.15) is 29.5 Å². The third-order valence-electron chi connectivity index (χ3n) is 4.96. The quantitative estimate of drug-likeness (QED) is 0.351. The van der Waals surface area contributed by atoms with Gasteiger partial charge in [-0.3, -0.25) is 0 Å². The van der Waals surface area contributed by atoms with Gasteiger partial charge in [-0.1, -0.05) is 12.1 Å². The first kappa shape index (κ1) is 20.0. The summed E-state index contributed by atoms with van der Waals surface area (Å²) in [7, 11) is 3.26. The molecule has 7 nitrogen and oxygen atoms in total. The molecular formula is C24H20N4O3S. The smallest absolute Gasteiger partial charge is 0.162 e. The zero-order valence-corrected chi connectivity index (χ0v) is 18.3. The number of ether oxygens (including phenoxy) is 3. The highest BCUT2D eigenvalue weighted by Crippen LogP contribution is 2.35. The van der Waals surface area contributed by atoms with Gasteiger partial charge in [-0.15, -0.1) is 11.3 Å². The fourth-order valence-electron chi connectivity index (χ4n) is 3.37. The maximum absolute atomic E-state index is 6.11. The lowest BCUT2D eigenvalue weighted by Crippen LogP contribution is -2.00. The maximum Gasteiger partial charge on any atom is 0.162 e. The van der Waals surface area contributed by atoms with E-state index >= 15 is 0 Å². The molecule has 5 aromatic rings. The van der Waals surface area contributed by atoms with Gasteiger partial charge in [0.05, 0.1) is 30.0 Å². The lowest BCUT2D eigenvalue weighted by molar-refractivity contribution is 0.285. The van der Waals surface area contributed by atoms with Crippen molar-refractivity contribution in [3.8, 4) is 17.2 Å². The predicted molar refractivity (Wildman–Crippen MR) is 126 cm³/mol. The van der Waals surface area contributed by atoms with Gasteiger partial charge in [-0.2, -0.15) is 0 Å². The molecule has 0 spiro atoms. The second-order valence-corrected chi connectivity index (χ2v) is 8.08. The Morgan fingerprint density at radius 3 is 2.50 bits per heavy atom. The molecule has 0 bridgehead atoms. The van der Waals surface area contributed by atoms with Crippen LogP contribution in [0.4, 0.5) is 11.5 Å². The SMILES string of the molecule is COc1ccc(Nc2ncnc3cc(OC)c(OCc4nc5ccccc5s4)cc23)cc1. The Morgan fingerprint density at radius 2 is 1.72 bits per heavy atom. The molecule has 1 N–H and O–H groups in total. The largest absolute Gasteiger partial charge is 0.497 e. The van der Waals surface area contributed by atoms with Crippen LogP contribution in [0, 0.1) is 0 Å². The number of anilines is 2. The van der Waals surface area contributed by atoms with Crippen molar-refractivity contribution in [2.75, 3.05) is 19.5 Å². The number of fused-ring (bicyclic) bond motifs is 2. The summed E-state index contributed by atoms with van der Waals surface area (Å²) in [5.41, 5.74) is 2.61. The van der Waals surface area contributed by atoms with Gasteiger partial charge in [-0.05, 0) is 42.5 Å². The fraction of sp³-hybridized carbons (Fsp3) is 0.125. The zero-order chi connectivity index (χ0) is 21.9. The first-order valence-corrected chi connectivity index (χ1v) is 10.8. The van der Waals surface area contributed by atoms with Gasteiger partial charge in [0.25, 0.3) is 0 Å². The molecule has 0 aliphatic rings. The van der Waals surface area contributed by atoms with Crippen molar-refractivity contribution in [2.45, 2.75) is 6.61 Å². The molecule has 2 aromatic heterocycles. The van der Waals surface area contributed by atoms with Crippen LogP contribution < -0.4 is 19.5 Å². The number of hydrogen-bond acceptors (Lipinski definition) is 8. The summed E-state index contributed by atoms with van der Waals surface area (Å²) in [6, 6.07) is 19.4. The lowest BCUT2D eigenvalue weighted by Gasteiger charge is -2.13. The molecule has 8 heteroatoms. The summed E-state index contributed by atoms with van der Waals surface area (Å²) in [6.45, 7) is 0.343. The molecule has 0 fully saturated rings. The van der Waals surface area contributed by atoms with E-state index in [1.165, 1.54) is 6.33 Å². The van der Waals surface area contributed by atoms with Crippen LogP contribution in [-0.2, 0) is 6.61 Å². The van der Waals surface area contributed by atoms with Crippen molar-refractivity contribution in [1.82, 2.24) is 15.0 Å². The van der Waals surface area contributed by atoms with E-state index < -0.39 is 0 Å². The first-order valence-electron chi connectivity index (χ1n) is 9.94. The highest BCUT2D eigenvalue weighted by molar-refractivity contribution is 7.18. The molecule has 0 saturated carbocycles. The average Bonchev–Trinajstić information content (AvgIpc) is 3.26. The highest BCUT2D eigenvalue weighted by Gasteiger charge is 2.13. The number of rotatable bonds is 7. The van der Waals surface area contributed by atoms with Gasteiger partial charge in [0, 0.05) is 17.1 Å². The van der Waals surface area contributed by atoms with E-state index in [4.69, 9.17) is 14.2 Å². The van der Waals surface area contributed by atoms with Gasteiger partial charge in [-0.25, -0.2) is 15.0 Å². The molecule has 0 aliphatic heterocycles. The summed E-state index contributed by atoms with van der Waals surface area (Å²) in [6.07, 6.45) is 1.52. The molecule has 0 radical (unpaired) electrons. The van der Waals surface area contributed by atoms with Crippen LogP contribution in [-0.4, -0.2) is 29.2 Å². The zero-order valence-electron chi connectivity index (χ0n) is 17.5. The summed E-state index contributed by atoms with van der Waals surface area (Å²) in [4.78, 5) is 13.5. The van der Waals surface area contributed by atoms with Gasteiger partial charge < -0.3 is 19.5 Å². The van der Waals surface area contributed by atoms with Crippen molar-refractivity contribution in [1.29, 1.82) is 0 Å². The van der Waals surface area contributed by atoms with Crippen LogP contribution in [0.3, 0.4) is 0 Å². The summed E-state index contributed by atoms with van der Waals surface area (Å²) in [5, 5.41) is 5.06. The number of nitrogens with zero attached hydrogens (tertiary/aromatic N) is 3. The number of nitrogens with one attached hydrogen (secondary N) is 1. The van der Waals surface area contributed by atoms with E-state index in [2.05, 4.69) is 26.3 Å². The first-order chi connectivity index (χ1) is 15.7. The van der Waals surface area contributed by atoms with Crippen molar-refractivity contribution in [3.05, 3.63) is 72.0 Å². The molecule has 3 aromatic carbocycles. The van der Waals surface area contributed by atoms with E-state index in [0.717, 1.165) is 37.6 Å². The van der Waals surface area contributed by atoms with Crippen molar-refractivity contribution in [2.24, 2.45) is 0 Å². The third kappa shape index (κ3) is 4.00. The van der Waals surface area contributed by atoms with Gasteiger partial charge in [0.15, 0.2) is 11.5 Å². The second-order valence-electron chi connectivity index (χ2n) is 6.96. The summed E-state index contributed by atoms with van der Waals surface area (Å²) >= 11 is 1.62. The Labute approximate surface area is 188 Å². The van der Waals surface area contributed by atoms with E-state index in [9.17, 15) is 0 Å². The van der Waals surface area contributed by atoms with Crippen molar-refractivity contribution < 1.29 is 14.2 Å². The molecule has 5 rings (SSSR count). The Kier molecular flexibility index (Phi) is 5.43. The lowest BCUT2D eigenvalue weighted by atomic mass is 10.2. The van der Waals surface area contributed by atoms with E-state index in [0.29, 0.717) is 23.9 Å². The Morgan fingerprint density at radius 1 is 0.875 bits per heavy atom. The fourth-order valence-corrected chi connectivity index (χ4v) is 4.25. The van der Waals surface area contributed by atoms with Crippen LogP contribution in [0.5, 0.6) is 17.2 Å². The molecule has 0 atom stereocenters. The topological polar surface area (TPSA) is 78.4 Å². The minimum absolute atomic E-state index is 0.343. The van der Waals surface area contributed by atoms with E-state index in [1.54, 1.807) is 25.6 Å². The maximum atomic E-state index is 6.11. The third-order valence-corrected chi connectivity index (χ3v) is 5.97. The van der Waals surface area contributed by atoms with Crippen LogP contribution in [0.1, 0.15) is 5.01 Å². The minimum atomic E-state index is 0.343. The molecule has 160 valence electrons. The second kappa shape index (κ2) is 8.68. The normalized spacial score (nSPS) is 10.9. The number of hydrogen-bond donors (Lipinski definition) is 1. The molecule has 0 saturated heterocycles. The molecule has 0 amide bonds. The number of thiazole rings is 1. The van der Waals surface area contributed by atoms with Crippen LogP contribution in [0.25, 0.3) is 21.1 Å². The van der Waals surface area contributed by atoms with Crippen molar-refractivity contribution in [3.63, 3.8) is 0 Å². The van der Waals surface area contributed by atoms with E-state index in [1.807, 2.05) is 54.6 Å². The number of methoxy groups -OCH3 is 2. The number of para-hydroxylation sites is 1. The number of aromatic nitrogens is 3. The van der Waals surface area contributed by atoms with Crippen LogP contribution in [0.2, 0.25) is 0 Å². The average molecular weight is 445 g/mol. The van der Waals surface area contributed by atoms with Gasteiger partial charge in [0.2, 0.25) is 0 Å². The monoisotopic (exact) mass is 444 g/mol. The van der Waals surface area contributed by atoms with Crippen LogP contribution >= 0.6 is 11.3 Å². The van der Waals surface area contributed by atoms with E-state index in [-0.39, 0.29) is 0 Å². The predicted octanol–water partition coefficient (Wildman–Crippen LogP) is 5.58. The standard InChI is InChI=1S/C24H20N4O3S/c1-29-16-9-7-15(8-10-16)27-24-17-11-21(20(30-2)12-19(17)25-14-26-24)31-13-23-28-18-5-3-4-6-22(18)32-23/h3-12,14H,13H2,1-2H3,(H,25,26,27). The molecule has 0 unspecified atom stereocenters. The molecule has 0 aliphatic carbocycles. The summed E-state index contributed by atoms with van der Waals surface area (Å²) in [5.74, 6) is 2.67. The molecule has 32 heavy (non-hydrogen) atoms. The molecule has 2 heterocycles. The Hall–Kier alpha value is -3.91. The number of benzene rings is 3. The van der Waals surface area contributed by atoms with Crippen molar-refractivity contribution >= 4 is 44.0 Å². The molecular weight excluding hydrogens is 424 g/mol.